The summed E-state index contributed by atoms with van der Waals surface area (Å²) < 4.78 is 0. The Morgan fingerprint density at radius 2 is 2.21 bits per heavy atom. The van der Waals surface area contributed by atoms with Gasteiger partial charge in [-0.15, -0.1) is 0 Å². The molecule has 1 amide bonds. The fraction of sp³-hybridized carbons (Fsp3) is 0.500. The zero-order valence-corrected chi connectivity index (χ0v) is 11.1. The normalized spacial score (nSPS) is 17.8. The third-order valence-electron chi connectivity index (χ3n) is 3.43. The van der Waals surface area contributed by atoms with Crippen LogP contribution in [0.25, 0.3) is 0 Å². The topological polar surface area (TPSA) is 60.2 Å². The summed E-state index contributed by atoms with van der Waals surface area (Å²) in [4.78, 5) is 20.3. The van der Waals surface area contributed by atoms with Crippen LogP contribution in [0.1, 0.15) is 5.56 Å². The van der Waals surface area contributed by atoms with E-state index in [1.165, 1.54) is 0 Å². The number of piperazine rings is 1. The molecule has 1 aromatic rings. The molecule has 2 rings (SSSR count). The molecule has 0 spiro atoms. The third kappa shape index (κ3) is 3.52. The van der Waals surface area contributed by atoms with E-state index in [0.29, 0.717) is 19.5 Å². The van der Waals surface area contributed by atoms with Crippen molar-refractivity contribution in [1.82, 2.24) is 14.8 Å². The van der Waals surface area contributed by atoms with Crippen LogP contribution < -0.4 is 0 Å². The van der Waals surface area contributed by atoms with E-state index in [1.54, 1.807) is 17.3 Å². The minimum absolute atomic E-state index is 0.0561. The van der Waals surface area contributed by atoms with Crippen LogP contribution in [0.2, 0.25) is 0 Å². The Morgan fingerprint density at radius 1 is 1.47 bits per heavy atom. The molecule has 1 aliphatic rings. The van der Waals surface area contributed by atoms with Gasteiger partial charge in [0.15, 0.2) is 0 Å². The highest BCUT2D eigenvalue weighted by Crippen LogP contribution is 2.12. The van der Waals surface area contributed by atoms with E-state index in [9.17, 15) is 10.1 Å². The fourth-order valence-electron chi connectivity index (χ4n) is 2.19. The number of hydrogen-bond donors (Lipinski definition) is 0. The number of carbonyl (C=O) groups is 1. The summed E-state index contributed by atoms with van der Waals surface area (Å²) in [6.07, 6.45) is 3.84. The molecule has 5 nitrogen and oxygen atoms in total. The summed E-state index contributed by atoms with van der Waals surface area (Å²) in [5.74, 6) is -0.660. The molecule has 1 atom stereocenters. The van der Waals surface area contributed by atoms with Gasteiger partial charge in [0.2, 0.25) is 5.91 Å². The minimum Gasteiger partial charge on any atom is -0.339 e. The van der Waals surface area contributed by atoms with E-state index in [-0.39, 0.29) is 5.91 Å². The van der Waals surface area contributed by atoms with Crippen molar-refractivity contribution in [2.75, 3.05) is 33.2 Å². The first-order valence-corrected chi connectivity index (χ1v) is 6.46. The molecule has 5 heteroatoms. The van der Waals surface area contributed by atoms with Gasteiger partial charge in [0, 0.05) is 38.6 Å². The second-order valence-corrected chi connectivity index (χ2v) is 4.88. The minimum atomic E-state index is -0.604. The maximum atomic E-state index is 12.3. The molecule has 0 N–H and O–H groups in total. The summed E-state index contributed by atoms with van der Waals surface area (Å²) in [5, 5.41) is 9.21. The lowest BCUT2D eigenvalue weighted by molar-refractivity contribution is -0.135. The number of pyridine rings is 1. The van der Waals surface area contributed by atoms with Gasteiger partial charge < -0.3 is 9.80 Å². The molecule has 1 saturated heterocycles. The Kier molecular flexibility index (Phi) is 4.48. The Labute approximate surface area is 113 Å². The van der Waals surface area contributed by atoms with Crippen LogP contribution in [0.15, 0.2) is 24.5 Å². The Balaban J connectivity index is 1.98. The number of rotatable bonds is 3. The van der Waals surface area contributed by atoms with Crippen LogP contribution in [0.5, 0.6) is 0 Å². The van der Waals surface area contributed by atoms with Crippen molar-refractivity contribution in [3.05, 3.63) is 30.1 Å². The molecule has 0 bridgehead atoms. The van der Waals surface area contributed by atoms with Crippen molar-refractivity contribution in [1.29, 1.82) is 5.26 Å². The quantitative estimate of drug-likeness (QED) is 0.794. The van der Waals surface area contributed by atoms with Crippen molar-refractivity contribution in [2.45, 2.75) is 6.42 Å². The average molecular weight is 258 g/mol. The Hall–Kier alpha value is -1.93. The monoisotopic (exact) mass is 258 g/mol. The van der Waals surface area contributed by atoms with E-state index >= 15 is 0 Å². The standard InChI is InChI=1S/C14H18N4O/c1-17-5-7-18(8-6-17)14(19)13(10-15)9-12-3-2-4-16-11-12/h2-4,11,13H,5-9H2,1H3. The molecule has 2 heterocycles. The fourth-order valence-corrected chi connectivity index (χ4v) is 2.19. The molecular weight excluding hydrogens is 240 g/mol. The lowest BCUT2D eigenvalue weighted by atomic mass is 10.00. The van der Waals surface area contributed by atoms with E-state index in [2.05, 4.69) is 16.0 Å². The summed E-state index contributed by atoms with van der Waals surface area (Å²) in [6.45, 7) is 3.16. The van der Waals surface area contributed by atoms with Gasteiger partial charge in [-0.25, -0.2) is 0 Å². The second-order valence-electron chi connectivity index (χ2n) is 4.88. The van der Waals surface area contributed by atoms with Crippen LogP contribution >= 0.6 is 0 Å². The Morgan fingerprint density at radius 3 is 2.79 bits per heavy atom. The van der Waals surface area contributed by atoms with Gasteiger partial charge in [0.05, 0.1) is 6.07 Å². The maximum absolute atomic E-state index is 12.3. The molecule has 1 aromatic heterocycles. The first kappa shape index (κ1) is 13.5. The van der Waals surface area contributed by atoms with Gasteiger partial charge in [-0.2, -0.15) is 5.26 Å². The van der Waals surface area contributed by atoms with E-state index in [1.807, 2.05) is 19.2 Å². The molecule has 19 heavy (non-hydrogen) atoms. The first-order chi connectivity index (χ1) is 9.20. The molecule has 1 fully saturated rings. The highest BCUT2D eigenvalue weighted by Gasteiger charge is 2.26. The predicted molar refractivity (Wildman–Crippen MR) is 71.1 cm³/mol. The molecule has 0 aromatic carbocycles. The number of likely N-dealkylation sites (N-methyl/N-ethyl adjacent to an activating group) is 1. The van der Waals surface area contributed by atoms with Gasteiger partial charge in [0.25, 0.3) is 0 Å². The smallest absolute Gasteiger partial charge is 0.240 e. The summed E-state index contributed by atoms with van der Waals surface area (Å²) in [7, 11) is 2.04. The summed E-state index contributed by atoms with van der Waals surface area (Å²) >= 11 is 0. The van der Waals surface area contributed by atoms with Crippen LogP contribution in [-0.2, 0) is 11.2 Å². The molecule has 0 radical (unpaired) electrons. The van der Waals surface area contributed by atoms with Gasteiger partial charge in [-0.1, -0.05) is 6.07 Å². The number of carbonyl (C=O) groups excluding carboxylic acids is 1. The zero-order valence-electron chi connectivity index (χ0n) is 11.1. The number of nitrogens with zero attached hydrogens (tertiary/aromatic N) is 4. The highest BCUT2D eigenvalue weighted by molar-refractivity contribution is 5.81. The van der Waals surface area contributed by atoms with Crippen molar-refractivity contribution in [3.8, 4) is 6.07 Å². The maximum Gasteiger partial charge on any atom is 0.240 e. The zero-order chi connectivity index (χ0) is 13.7. The summed E-state index contributed by atoms with van der Waals surface area (Å²) in [5.41, 5.74) is 0.927. The third-order valence-corrected chi connectivity index (χ3v) is 3.43. The second kappa shape index (κ2) is 6.30. The first-order valence-electron chi connectivity index (χ1n) is 6.46. The van der Waals surface area contributed by atoms with Gasteiger partial charge >= 0.3 is 0 Å². The van der Waals surface area contributed by atoms with Crippen molar-refractivity contribution in [2.24, 2.45) is 5.92 Å². The molecular formula is C14H18N4O. The molecule has 100 valence electrons. The largest absolute Gasteiger partial charge is 0.339 e. The van der Waals surface area contributed by atoms with Gasteiger partial charge in [-0.05, 0) is 25.1 Å². The summed E-state index contributed by atoms with van der Waals surface area (Å²) in [6, 6.07) is 5.85. The van der Waals surface area contributed by atoms with Gasteiger partial charge in [-0.3, -0.25) is 9.78 Å². The molecule has 0 aliphatic carbocycles. The van der Waals surface area contributed by atoms with Crippen molar-refractivity contribution < 1.29 is 4.79 Å². The van der Waals surface area contributed by atoms with Crippen LogP contribution in [0.3, 0.4) is 0 Å². The molecule has 1 unspecified atom stereocenters. The van der Waals surface area contributed by atoms with E-state index < -0.39 is 5.92 Å². The van der Waals surface area contributed by atoms with Crippen LogP contribution in [-0.4, -0.2) is 53.9 Å². The van der Waals surface area contributed by atoms with Crippen molar-refractivity contribution in [3.63, 3.8) is 0 Å². The van der Waals surface area contributed by atoms with Crippen LogP contribution in [0, 0.1) is 17.2 Å². The highest BCUT2D eigenvalue weighted by atomic mass is 16.2. The lowest BCUT2D eigenvalue weighted by Gasteiger charge is -2.33. The molecule has 1 aliphatic heterocycles. The van der Waals surface area contributed by atoms with Gasteiger partial charge in [0.1, 0.15) is 5.92 Å². The van der Waals surface area contributed by atoms with Crippen LogP contribution in [0.4, 0.5) is 0 Å². The number of nitriles is 1. The predicted octanol–water partition coefficient (Wildman–Crippen LogP) is 0.538. The van der Waals surface area contributed by atoms with E-state index in [4.69, 9.17) is 0 Å². The average Bonchev–Trinajstić information content (AvgIpc) is 2.46. The number of aromatic nitrogens is 1. The van der Waals surface area contributed by atoms with E-state index in [0.717, 1.165) is 18.7 Å². The number of hydrogen-bond acceptors (Lipinski definition) is 4. The SMILES string of the molecule is CN1CCN(C(=O)C(C#N)Cc2cccnc2)CC1. The Bertz CT molecular complexity index is 460. The lowest BCUT2D eigenvalue weighted by Crippen LogP contribution is -2.49. The molecule has 0 saturated carbocycles. The van der Waals surface area contributed by atoms with Crippen molar-refractivity contribution >= 4 is 5.91 Å². The number of amides is 1.